The Morgan fingerprint density at radius 1 is 1.38 bits per heavy atom. The van der Waals surface area contributed by atoms with Gasteiger partial charge in [0.25, 0.3) is 0 Å². The van der Waals surface area contributed by atoms with E-state index < -0.39 is 15.3 Å². The Balaban J connectivity index is 2.61. The van der Waals surface area contributed by atoms with E-state index in [2.05, 4.69) is 4.72 Å². The fraction of sp³-hybridized carbons (Fsp3) is 0.400. The molecule has 0 aliphatic rings. The van der Waals surface area contributed by atoms with Crippen molar-refractivity contribution in [1.29, 1.82) is 0 Å². The first-order chi connectivity index (χ1) is 7.45. The quantitative estimate of drug-likeness (QED) is 0.798. The van der Waals surface area contributed by atoms with E-state index in [0.29, 0.717) is 5.56 Å². The average Bonchev–Trinajstić information content (AvgIpc) is 2.27. The molecule has 0 aliphatic carbocycles. The van der Waals surface area contributed by atoms with Crippen molar-refractivity contribution >= 4 is 10.0 Å². The lowest BCUT2D eigenvalue weighted by Crippen LogP contribution is -2.36. The smallest absolute Gasteiger partial charge is 0.215 e. The van der Waals surface area contributed by atoms with Gasteiger partial charge in [0.1, 0.15) is 5.82 Å². The van der Waals surface area contributed by atoms with Crippen LogP contribution in [0.25, 0.3) is 0 Å². The zero-order chi connectivity index (χ0) is 12.2. The Kier molecular flexibility index (Phi) is 4.40. The first-order valence-corrected chi connectivity index (χ1v) is 6.43. The van der Waals surface area contributed by atoms with Crippen molar-refractivity contribution in [3.8, 4) is 0 Å². The van der Waals surface area contributed by atoms with Crippen LogP contribution in [0.1, 0.15) is 12.5 Å². The van der Waals surface area contributed by atoms with Gasteiger partial charge >= 0.3 is 0 Å². The molecule has 0 radical (unpaired) electrons. The number of sulfonamides is 1. The summed E-state index contributed by atoms with van der Waals surface area (Å²) in [5.74, 6) is -0.345. The van der Waals surface area contributed by atoms with Crippen LogP contribution in [-0.4, -0.2) is 20.2 Å². The number of nitrogens with one attached hydrogen (secondary N) is 1. The van der Waals surface area contributed by atoms with Gasteiger partial charge in [0.05, 0.1) is 5.25 Å². The second-order valence-electron chi connectivity index (χ2n) is 3.54. The van der Waals surface area contributed by atoms with E-state index in [-0.39, 0.29) is 18.9 Å². The van der Waals surface area contributed by atoms with E-state index in [4.69, 9.17) is 5.73 Å². The van der Waals surface area contributed by atoms with Crippen molar-refractivity contribution in [1.82, 2.24) is 4.72 Å². The first kappa shape index (κ1) is 13.1. The van der Waals surface area contributed by atoms with Gasteiger partial charge in [0, 0.05) is 13.1 Å². The topological polar surface area (TPSA) is 72.2 Å². The molecule has 1 unspecified atom stereocenters. The number of halogens is 1. The summed E-state index contributed by atoms with van der Waals surface area (Å²) < 4.78 is 38.1. The average molecular weight is 246 g/mol. The summed E-state index contributed by atoms with van der Waals surface area (Å²) in [4.78, 5) is 0. The van der Waals surface area contributed by atoms with Crippen molar-refractivity contribution < 1.29 is 12.8 Å². The van der Waals surface area contributed by atoms with Crippen LogP contribution in [0, 0.1) is 5.82 Å². The summed E-state index contributed by atoms with van der Waals surface area (Å²) >= 11 is 0. The van der Waals surface area contributed by atoms with Gasteiger partial charge in [-0.2, -0.15) is 0 Å². The third-order valence-electron chi connectivity index (χ3n) is 2.25. The van der Waals surface area contributed by atoms with Crippen LogP contribution in [0.2, 0.25) is 0 Å². The van der Waals surface area contributed by atoms with Crippen molar-refractivity contribution in [2.45, 2.75) is 18.7 Å². The van der Waals surface area contributed by atoms with Crippen LogP contribution in [-0.2, 0) is 16.6 Å². The first-order valence-electron chi connectivity index (χ1n) is 4.88. The number of benzene rings is 1. The molecule has 4 nitrogen and oxygen atoms in total. The monoisotopic (exact) mass is 246 g/mol. The minimum absolute atomic E-state index is 0.0682. The normalized spacial score (nSPS) is 13.7. The lowest BCUT2D eigenvalue weighted by molar-refractivity contribution is 0.568. The Morgan fingerprint density at radius 2 is 1.94 bits per heavy atom. The standard InChI is InChI=1S/C10H15FN2O2S/c1-8(6-12)16(14,15)13-7-9-2-4-10(11)5-3-9/h2-5,8,13H,6-7,12H2,1H3. The van der Waals surface area contributed by atoms with Gasteiger partial charge in [0.15, 0.2) is 0 Å². The number of rotatable bonds is 5. The van der Waals surface area contributed by atoms with Gasteiger partial charge in [-0.15, -0.1) is 0 Å². The Labute approximate surface area is 94.7 Å². The van der Waals surface area contributed by atoms with Crippen molar-refractivity contribution in [3.63, 3.8) is 0 Å². The van der Waals surface area contributed by atoms with Crippen molar-refractivity contribution in [2.75, 3.05) is 6.54 Å². The Bertz CT molecular complexity index is 431. The van der Waals surface area contributed by atoms with E-state index in [1.54, 1.807) is 0 Å². The van der Waals surface area contributed by atoms with Crippen molar-refractivity contribution in [2.24, 2.45) is 5.73 Å². The lowest BCUT2D eigenvalue weighted by atomic mass is 10.2. The molecule has 0 spiro atoms. The van der Waals surface area contributed by atoms with E-state index in [1.165, 1.54) is 31.2 Å². The molecule has 0 heterocycles. The number of nitrogens with two attached hydrogens (primary N) is 1. The summed E-state index contributed by atoms with van der Waals surface area (Å²) in [6, 6.07) is 5.64. The van der Waals surface area contributed by atoms with Gasteiger partial charge in [-0.05, 0) is 24.6 Å². The molecule has 1 aromatic rings. The second kappa shape index (κ2) is 5.38. The van der Waals surface area contributed by atoms with Crippen LogP contribution in [0.15, 0.2) is 24.3 Å². The lowest BCUT2D eigenvalue weighted by Gasteiger charge is -2.11. The minimum Gasteiger partial charge on any atom is -0.329 e. The zero-order valence-electron chi connectivity index (χ0n) is 8.98. The molecule has 0 fully saturated rings. The molecule has 3 N–H and O–H groups in total. The second-order valence-corrected chi connectivity index (χ2v) is 5.72. The fourth-order valence-corrected chi connectivity index (χ4v) is 1.96. The summed E-state index contributed by atoms with van der Waals surface area (Å²) in [6.07, 6.45) is 0. The highest BCUT2D eigenvalue weighted by Crippen LogP contribution is 2.04. The third kappa shape index (κ3) is 3.55. The summed E-state index contributed by atoms with van der Waals surface area (Å²) in [6.45, 7) is 1.75. The molecule has 1 aromatic carbocycles. The predicted octanol–water partition coefficient (Wildman–Crippen LogP) is 0.592. The molecule has 90 valence electrons. The maximum atomic E-state index is 12.6. The molecule has 6 heteroatoms. The van der Waals surface area contributed by atoms with E-state index in [1.807, 2.05) is 0 Å². The maximum absolute atomic E-state index is 12.6. The van der Waals surface area contributed by atoms with Crippen LogP contribution in [0.5, 0.6) is 0 Å². The Morgan fingerprint density at radius 3 is 2.44 bits per heavy atom. The van der Waals surface area contributed by atoms with Crippen LogP contribution in [0.4, 0.5) is 4.39 Å². The predicted molar refractivity (Wildman–Crippen MR) is 60.7 cm³/mol. The van der Waals surface area contributed by atoms with Gasteiger partial charge in [0.2, 0.25) is 10.0 Å². The highest BCUT2D eigenvalue weighted by molar-refractivity contribution is 7.90. The molecule has 1 rings (SSSR count). The molecule has 0 aliphatic heterocycles. The van der Waals surface area contributed by atoms with E-state index in [0.717, 1.165) is 0 Å². The molecular weight excluding hydrogens is 231 g/mol. The maximum Gasteiger partial charge on any atom is 0.215 e. The fourth-order valence-electron chi connectivity index (χ4n) is 1.06. The van der Waals surface area contributed by atoms with Gasteiger partial charge in [-0.3, -0.25) is 0 Å². The van der Waals surface area contributed by atoms with Crippen LogP contribution in [0.3, 0.4) is 0 Å². The molecule has 0 bridgehead atoms. The minimum atomic E-state index is -3.39. The zero-order valence-corrected chi connectivity index (χ0v) is 9.80. The molecule has 16 heavy (non-hydrogen) atoms. The number of hydrogen-bond acceptors (Lipinski definition) is 3. The highest BCUT2D eigenvalue weighted by Gasteiger charge is 2.18. The van der Waals surface area contributed by atoms with E-state index in [9.17, 15) is 12.8 Å². The molecule has 1 atom stereocenters. The summed E-state index contributed by atoms with van der Waals surface area (Å²) in [5, 5.41) is -0.632. The molecule has 0 saturated heterocycles. The third-order valence-corrected chi connectivity index (χ3v) is 4.05. The van der Waals surface area contributed by atoms with Gasteiger partial charge in [-0.25, -0.2) is 17.5 Å². The van der Waals surface area contributed by atoms with Crippen LogP contribution < -0.4 is 10.5 Å². The molecule has 0 saturated carbocycles. The molecular formula is C10H15FN2O2S. The van der Waals surface area contributed by atoms with Crippen molar-refractivity contribution in [3.05, 3.63) is 35.6 Å². The van der Waals surface area contributed by atoms with Gasteiger partial charge < -0.3 is 5.73 Å². The van der Waals surface area contributed by atoms with E-state index >= 15 is 0 Å². The molecule has 0 amide bonds. The Hall–Kier alpha value is -0.980. The summed E-state index contributed by atoms with van der Waals surface area (Å²) in [5.41, 5.74) is 5.98. The largest absolute Gasteiger partial charge is 0.329 e. The van der Waals surface area contributed by atoms with Crippen LogP contribution >= 0.6 is 0 Å². The summed E-state index contributed by atoms with van der Waals surface area (Å²) in [7, 11) is -3.39. The van der Waals surface area contributed by atoms with Gasteiger partial charge in [-0.1, -0.05) is 12.1 Å². The molecule has 0 aromatic heterocycles. The highest BCUT2D eigenvalue weighted by atomic mass is 32.2. The SMILES string of the molecule is CC(CN)S(=O)(=O)NCc1ccc(F)cc1. The number of hydrogen-bond donors (Lipinski definition) is 2.